The third-order valence-electron chi connectivity index (χ3n) is 4.05. The van der Waals surface area contributed by atoms with Crippen LogP contribution in [0.5, 0.6) is 0 Å². The Bertz CT molecular complexity index is 421. The molecule has 1 aliphatic carbocycles. The van der Waals surface area contributed by atoms with E-state index in [0.717, 1.165) is 55.0 Å². The first-order chi connectivity index (χ1) is 8.63. The lowest BCUT2D eigenvalue weighted by atomic mass is 9.92. The zero-order valence-electron chi connectivity index (χ0n) is 11.2. The summed E-state index contributed by atoms with van der Waals surface area (Å²) in [4.78, 5) is 8.46. The lowest BCUT2D eigenvalue weighted by molar-refractivity contribution is 0.153. The number of aromatic nitrogens is 1. The molecule has 3 unspecified atom stereocenters. The van der Waals surface area contributed by atoms with Gasteiger partial charge in [0.15, 0.2) is 5.13 Å². The first-order valence-corrected chi connectivity index (χ1v) is 7.87. The number of aryl methyl sites for hydroxylation is 1. The second-order valence-corrected chi connectivity index (χ2v) is 7.13. The van der Waals surface area contributed by atoms with Gasteiger partial charge in [-0.2, -0.15) is 0 Å². The molecule has 1 N–H and O–H groups in total. The maximum absolute atomic E-state index is 10.0. The topological polar surface area (TPSA) is 36.4 Å². The van der Waals surface area contributed by atoms with Gasteiger partial charge >= 0.3 is 0 Å². The van der Waals surface area contributed by atoms with Crippen LogP contribution in [0.25, 0.3) is 0 Å². The number of rotatable bonds is 1. The summed E-state index contributed by atoms with van der Waals surface area (Å²) in [5.74, 6) is 1.50. The van der Waals surface area contributed by atoms with Gasteiger partial charge in [-0.15, -0.1) is 11.3 Å². The SMILES string of the molecule is CC1CC(C)CN(c2nc3c(s2)CCCC3O)C1. The van der Waals surface area contributed by atoms with Crippen LogP contribution in [0.3, 0.4) is 0 Å². The molecule has 1 aliphatic heterocycles. The molecule has 0 radical (unpaired) electrons. The molecule has 1 saturated heterocycles. The van der Waals surface area contributed by atoms with Crippen LogP contribution >= 0.6 is 11.3 Å². The predicted molar refractivity (Wildman–Crippen MR) is 75.2 cm³/mol. The minimum atomic E-state index is -0.321. The van der Waals surface area contributed by atoms with Gasteiger partial charge in [-0.1, -0.05) is 13.8 Å². The highest BCUT2D eigenvalue weighted by molar-refractivity contribution is 7.15. The summed E-state index contributed by atoms with van der Waals surface area (Å²) in [6.07, 6.45) is 4.08. The van der Waals surface area contributed by atoms with Crippen molar-refractivity contribution in [1.29, 1.82) is 0 Å². The molecule has 1 aromatic rings. The molecule has 0 amide bonds. The lowest BCUT2D eigenvalue weighted by Crippen LogP contribution is -2.38. The van der Waals surface area contributed by atoms with E-state index < -0.39 is 0 Å². The molecule has 1 fully saturated rings. The van der Waals surface area contributed by atoms with Crippen molar-refractivity contribution in [2.45, 2.75) is 45.6 Å². The fraction of sp³-hybridized carbons (Fsp3) is 0.786. The predicted octanol–water partition coefficient (Wildman–Crippen LogP) is 3.00. The molecule has 1 aromatic heterocycles. The van der Waals surface area contributed by atoms with Gasteiger partial charge in [0.25, 0.3) is 0 Å². The van der Waals surface area contributed by atoms with Crippen molar-refractivity contribution >= 4 is 16.5 Å². The van der Waals surface area contributed by atoms with Crippen LogP contribution < -0.4 is 4.90 Å². The van der Waals surface area contributed by atoms with Gasteiger partial charge in [-0.3, -0.25) is 0 Å². The second kappa shape index (κ2) is 4.82. The van der Waals surface area contributed by atoms with Gasteiger partial charge in [0.2, 0.25) is 0 Å². The summed E-state index contributed by atoms with van der Waals surface area (Å²) in [6.45, 7) is 6.88. The molecule has 3 atom stereocenters. The molecular weight excluding hydrogens is 244 g/mol. The average Bonchev–Trinajstić information content (AvgIpc) is 2.73. The summed E-state index contributed by atoms with van der Waals surface area (Å²) < 4.78 is 0. The molecule has 18 heavy (non-hydrogen) atoms. The van der Waals surface area contributed by atoms with Crippen LogP contribution in [0.2, 0.25) is 0 Å². The number of fused-ring (bicyclic) bond motifs is 1. The Hall–Kier alpha value is -0.610. The Morgan fingerprint density at radius 1 is 1.28 bits per heavy atom. The summed E-state index contributed by atoms with van der Waals surface area (Å²) in [5.41, 5.74) is 0.965. The van der Waals surface area contributed by atoms with E-state index in [1.165, 1.54) is 11.3 Å². The Morgan fingerprint density at radius 3 is 2.67 bits per heavy atom. The monoisotopic (exact) mass is 266 g/mol. The van der Waals surface area contributed by atoms with Gasteiger partial charge in [0.1, 0.15) is 0 Å². The summed E-state index contributed by atoms with van der Waals surface area (Å²) in [6, 6.07) is 0. The van der Waals surface area contributed by atoms with Gasteiger partial charge in [-0.05, 0) is 37.5 Å². The first kappa shape index (κ1) is 12.4. The minimum Gasteiger partial charge on any atom is -0.387 e. The number of nitrogens with zero attached hydrogens (tertiary/aromatic N) is 2. The first-order valence-electron chi connectivity index (χ1n) is 7.06. The van der Waals surface area contributed by atoms with E-state index in [0.29, 0.717) is 0 Å². The second-order valence-electron chi connectivity index (χ2n) is 6.06. The molecule has 3 nitrogen and oxygen atoms in total. The van der Waals surface area contributed by atoms with Crippen LogP contribution in [0.4, 0.5) is 5.13 Å². The highest BCUT2D eigenvalue weighted by Crippen LogP contribution is 2.38. The van der Waals surface area contributed by atoms with E-state index >= 15 is 0 Å². The van der Waals surface area contributed by atoms with Gasteiger partial charge < -0.3 is 10.0 Å². The zero-order valence-corrected chi connectivity index (χ0v) is 12.0. The Labute approximate surface area is 113 Å². The number of aliphatic hydroxyl groups excluding tert-OH is 1. The smallest absolute Gasteiger partial charge is 0.185 e. The van der Waals surface area contributed by atoms with Crippen LogP contribution in [0, 0.1) is 11.8 Å². The van der Waals surface area contributed by atoms with E-state index in [9.17, 15) is 5.11 Å². The summed E-state index contributed by atoms with van der Waals surface area (Å²) >= 11 is 1.80. The average molecular weight is 266 g/mol. The van der Waals surface area contributed by atoms with E-state index in [1.807, 2.05) is 0 Å². The lowest BCUT2D eigenvalue weighted by Gasteiger charge is -2.34. The van der Waals surface area contributed by atoms with E-state index in [4.69, 9.17) is 4.98 Å². The standard InChI is InChI=1S/C14H22N2OS/c1-9-6-10(2)8-16(7-9)14-15-13-11(17)4-3-5-12(13)18-14/h9-11,17H,3-8H2,1-2H3. The van der Waals surface area contributed by atoms with Gasteiger partial charge in [-0.25, -0.2) is 4.98 Å². The molecular formula is C14H22N2OS. The minimum absolute atomic E-state index is 0.321. The van der Waals surface area contributed by atoms with E-state index in [2.05, 4.69) is 18.7 Å². The fourth-order valence-electron chi connectivity index (χ4n) is 3.34. The van der Waals surface area contributed by atoms with Crippen molar-refractivity contribution < 1.29 is 5.11 Å². The van der Waals surface area contributed by atoms with Crippen LogP contribution in [-0.2, 0) is 6.42 Å². The largest absolute Gasteiger partial charge is 0.387 e. The number of hydrogen-bond donors (Lipinski definition) is 1. The van der Waals surface area contributed by atoms with Crippen molar-refractivity contribution in [1.82, 2.24) is 4.98 Å². The van der Waals surface area contributed by atoms with Crippen LogP contribution in [0.1, 0.15) is 49.8 Å². The van der Waals surface area contributed by atoms with Gasteiger partial charge in [0.05, 0.1) is 11.8 Å². The highest BCUT2D eigenvalue weighted by atomic mass is 32.1. The number of thiazole rings is 1. The van der Waals surface area contributed by atoms with Crippen LogP contribution in [0.15, 0.2) is 0 Å². The summed E-state index contributed by atoms with van der Waals surface area (Å²) in [5, 5.41) is 11.1. The molecule has 0 aromatic carbocycles. The molecule has 0 bridgehead atoms. The Kier molecular flexibility index (Phi) is 3.32. The zero-order chi connectivity index (χ0) is 12.7. The van der Waals surface area contributed by atoms with Crippen molar-refractivity contribution in [2.24, 2.45) is 11.8 Å². The number of piperidine rings is 1. The van der Waals surface area contributed by atoms with Gasteiger partial charge in [0, 0.05) is 18.0 Å². The molecule has 4 heteroatoms. The highest BCUT2D eigenvalue weighted by Gasteiger charge is 2.28. The summed E-state index contributed by atoms with van der Waals surface area (Å²) in [7, 11) is 0. The van der Waals surface area contributed by atoms with E-state index in [1.54, 1.807) is 11.3 Å². The fourth-order valence-corrected chi connectivity index (χ4v) is 4.51. The molecule has 3 rings (SSSR count). The quantitative estimate of drug-likeness (QED) is 0.849. The maximum Gasteiger partial charge on any atom is 0.185 e. The third-order valence-corrected chi connectivity index (χ3v) is 5.24. The Balaban J connectivity index is 1.84. The number of hydrogen-bond acceptors (Lipinski definition) is 4. The number of aliphatic hydroxyl groups is 1. The van der Waals surface area contributed by atoms with Crippen LogP contribution in [-0.4, -0.2) is 23.2 Å². The third kappa shape index (κ3) is 2.28. The molecule has 100 valence electrons. The van der Waals surface area contributed by atoms with Crippen molar-refractivity contribution in [3.05, 3.63) is 10.6 Å². The van der Waals surface area contributed by atoms with Crippen molar-refractivity contribution in [3.63, 3.8) is 0 Å². The molecule has 2 aliphatic rings. The molecule has 0 saturated carbocycles. The van der Waals surface area contributed by atoms with E-state index in [-0.39, 0.29) is 6.10 Å². The molecule has 0 spiro atoms. The van der Waals surface area contributed by atoms with Crippen molar-refractivity contribution in [3.8, 4) is 0 Å². The number of anilines is 1. The maximum atomic E-state index is 10.0. The van der Waals surface area contributed by atoms with Crippen molar-refractivity contribution in [2.75, 3.05) is 18.0 Å². The normalized spacial score (nSPS) is 32.4. The molecule has 2 heterocycles. The Morgan fingerprint density at radius 2 is 2.00 bits per heavy atom.